The summed E-state index contributed by atoms with van der Waals surface area (Å²) >= 11 is 0. The molecule has 4 nitrogen and oxygen atoms in total. The number of hydrogen-bond acceptors (Lipinski definition) is 2. The maximum atomic E-state index is 4.53. The number of nitrogens with zero attached hydrogens (tertiary/aromatic N) is 4. The summed E-state index contributed by atoms with van der Waals surface area (Å²) in [7, 11) is -1.86. The van der Waals surface area contributed by atoms with Crippen LogP contribution in [-0.4, -0.2) is 26.8 Å². The third kappa shape index (κ3) is 2.39. The van der Waals surface area contributed by atoms with Crippen molar-refractivity contribution in [1.29, 1.82) is 0 Å². The van der Waals surface area contributed by atoms with Gasteiger partial charge in [0.05, 0.1) is 0 Å². The van der Waals surface area contributed by atoms with Crippen LogP contribution >= 0.6 is 0 Å². The Kier molecular flexibility index (Phi) is 3.67. The second-order valence-electron chi connectivity index (χ2n) is 6.11. The standard InChI is InChI=1S/C14H24N4Si/c1-11(2)13-15-7-9-17(13)19(5,6)18-10-8-16-14(18)12(3)4/h7-12H,1-6H3. The SMILES string of the molecule is CC(C)c1nccn1[Si](C)(C)n1ccnc1C(C)C. The van der Waals surface area contributed by atoms with E-state index < -0.39 is 8.40 Å². The molecule has 0 aliphatic heterocycles. The molecule has 5 heteroatoms. The van der Waals surface area contributed by atoms with E-state index in [1.54, 1.807) is 0 Å². The molecule has 2 heterocycles. The van der Waals surface area contributed by atoms with Gasteiger partial charge in [-0.25, -0.2) is 9.97 Å². The first-order valence-corrected chi connectivity index (χ1v) is 9.82. The average Bonchev–Trinajstić information content (AvgIpc) is 2.98. The zero-order valence-corrected chi connectivity index (χ0v) is 13.8. The van der Waals surface area contributed by atoms with Gasteiger partial charge in [0, 0.05) is 36.6 Å². The summed E-state index contributed by atoms with van der Waals surface area (Å²) in [6.07, 6.45) is 8.06. The van der Waals surface area contributed by atoms with Crippen LogP contribution in [0, 0.1) is 0 Å². The minimum atomic E-state index is -1.86. The van der Waals surface area contributed by atoms with Crippen LogP contribution in [0.5, 0.6) is 0 Å². The van der Waals surface area contributed by atoms with Gasteiger partial charge in [0.1, 0.15) is 11.6 Å². The van der Waals surface area contributed by atoms with Gasteiger partial charge in [-0.15, -0.1) is 0 Å². The summed E-state index contributed by atoms with van der Waals surface area (Å²) in [6, 6.07) is 0. The fraction of sp³-hybridized carbons (Fsp3) is 0.571. The van der Waals surface area contributed by atoms with Crippen molar-refractivity contribution >= 4 is 8.40 Å². The van der Waals surface area contributed by atoms with Gasteiger partial charge >= 0.3 is 0 Å². The Morgan fingerprint density at radius 3 is 1.53 bits per heavy atom. The average molecular weight is 276 g/mol. The van der Waals surface area contributed by atoms with Gasteiger partial charge in [0.25, 0.3) is 8.40 Å². The molecule has 0 amide bonds. The van der Waals surface area contributed by atoms with Crippen molar-refractivity contribution in [3.63, 3.8) is 0 Å². The molecule has 0 atom stereocenters. The molecular formula is C14H24N4Si. The van der Waals surface area contributed by atoms with Crippen LogP contribution in [0.3, 0.4) is 0 Å². The number of imidazole rings is 2. The molecule has 0 saturated carbocycles. The van der Waals surface area contributed by atoms with E-state index in [1.165, 1.54) is 11.6 Å². The summed E-state index contributed by atoms with van der Waals surface area (Å²) in [5, 5.41) is 0. The number of aromatic nitrogens is 4. The van der Waals surface area contributed by atoms with Gasteiger partial charge in [-0.3, -0.25) is 0 Å². The highest BCUT2D eigenvalue weighted by Crippen LogP contribution is 2.22. The minimum absolute atomic E-state index is 0.438. The van der Waals surface area contributed by atoms with Crippen molar-refractivity contribution in [2.24, 2.45) is 0 Å². The van der Waals surface area contributed by atoms with Crippen LogP contribution < -0.4 is 0 Å². The van der Waals surface area contributed by atoms with Crippen molar-refractivity contribution in [3.05, 3.63) is 36.4 Å². The van der Waals surface area contributed by atoms with Crippen LogP contribution in [0.4, 0.5) is 0 Å². The van der Waals surface area contributed by atoms with Crippen LogP contribution in [-0.2, 0) is 0 Å². The summed E-state index contributed by atoms with van der Waals surface area (Å²) in [4.78, 5) is 9.06. The van der Waals surface area contributed by atoms with Crippen molar-refractivity contribution in [2.45, 2.75) is 52.6 Å². The van der Waals surface area contributed by atoms with Gasteiger partial charge in [0.15, 0.2) is 0 Å². The predicted molar refractivity (Wildman–Crippen MR) is 80.9 cm³/mol. The van der Waals surface area contributed by atoms with Crippen LogP contribution in [0.25, 0.3) is 0 Å². The molecule has 104 valence electrons. The Morgan fingerprint density at radius 1 is 0.842 bits per heavy atom. The van der Waals surface area contributed by atoms with Crippen molar-refractivity contribution in [2.75, 3.05) is 0 Å². The van der Waals surface area contributed by atoms with Crippen molar-refractivity contribution in [1.82, 2.24) is 18.4 Å². The molecule has 0 aromatic carbocycles. The first kappa shape index (κ1) is 14.1. The Morgan fingerprint density at radius 2 is 1.21 bits per heavy atom. The van der Waals surface area contributed by atoms with E-state index in [9.17, 15) is 0 Å². The summed E-state index contributed by atoms with van der Waals surface area (Å²) in [6.45, 7) is 13.5. The van der Waals surface area contributed by atoms with E-state index in [0.717, 1.165) is 0 Å². The third-order valence-corrected chi connectivity index (χ3v) is 6.67. The summed E-state index contributed by atoms with van der Waals surface area (Å²) in [5.74, 6) is 3.21. The Balaban J connectivity index is 2.52. The molecule has 0 fully saturated rings. The Bertz CT molecular complexity index is 503. The molecule has 0 aliphatic carbocycles. The zero-order valence-electron chi connectivity index (χ0n) is 12.8. The van der Waals surface area contributed by atoms with Crippen LogP contribution in [0.1, 0.15) is 51.2 Å². The summed E-state index contributed by atoms with van der Waals surface area (Å²) < 4.78 is 4.76. The molecule has 0 aliphatic rings. The first-order chi connectivity index (χ1) is 8.85. The lowest BCUT2D eigenvalue weighted by Gasteiger charge is -2.30. The van der Waals surface area contributed by atoms with Crippen LogP contribution in [0.2, 0.25) is 13.1 Å². The van der Waals surface area contributed by atoms with Gasteiger partial charge in [-0.2, -0.15) is 0 Å². The molecule has 2 aromatic heterocycles. The zero-order chi connectivity index (χ0) is 14.2. The minimum Gasteiger partial charge on any atom is -0.343 e. The van der Waals surface area contributed by atoms with E-state index >= 15 is 0 Å². The third-order valence-electron chi connectivity index (χ3n) is 3.55. The molecule has 0 radical (unpaired) electrons. The largest absolute Gasteiger partial charge is 0.343 e. The first-order valence-electron chi connectivity index (χ1n) is 6.93. The van der Waals surface area contributed by atoms with E-state index in [1.807, 2.05) is 12.4 Å². The summed E-state index contributed by atoms with van der Waals surface area (Å²) in [5.41, 5.74) is 0. The molecule has 0 N–H and O–H groups in total. The molecule has 0 bridgehead atoms. The second-order valence-corrected chi connectivity index (χ2v) is 10.1. The van der Waals surface area contributed by atoms with Crippen molar-refractivity contribution in [3.8, 4) is 0 Å². The van der Waals surface area contributed by atoms with Crippen LogP contribution in [0.15, 0.2) is 24.8 Å². The fourth-order valence-electron chi connectivity index (χ4n) is 2.53. The molecule has 2 aromatic rings. The maximum absolute atomic E-state index is 4.53. The molecule has 2 rings (SSSR count). The van der Waals surface area contributed by atoms with E-state index in [0.29, 0.717) is 11.8 Å². The topological polar surface area (TPSA) is 35.6 Å². The lowest BCUT2D eigenvalue weighted by molar-refractivity contribution is 0.731. The molecule has 0 saturated heterocycles. The van der Waals surface area contributed by atoms with Gasteiger partial charge < -0.3 is 8.47 Å². The van der Waals surface area contributed by atoms with Gasteiger partial charge in [-0.05, 0) is 13.1 Å². The number of hydrogen-bond donors (Lipinski definition) is 0. The van der Waals surface area contributed by atoms with Gasteiger partial charge in [0.2, 0.25) is 0 Å². The normalized spacial score (nSPS) is 12.6. The van der Waals surface area contributed by atoms with E-state index in [2.05, 4.69) is 71.6 Å². The highest BCUT2D eigenvalue weighted by molar-refractivity contribution is 6.74. The molecule has 0 spiro atoms. The predicted octanol–water partition coefficient (Wildman–Crippen LogP) is 3.42. The number of rotatable bonds is 4. The monoisotopic (exact) mass is 276 g/mol. The Labute approximate surface area is 116 Å². The fourth-order valence-corrected chi connectivity index (χ4v) is 5.37. The lowest BCUT2D eigenvalue weighted by Crippen LogP contribution is -2.46. The highest BCUT2D eigenvalue weighted by atomic mass is 28.3. The van der Waals surface area contributed by atoms with Crippen molar-refractivity contribution < 1.29 is 0 Å². The lowest BCUT2D eigenvalue weighted by atomic mass is 10.2. The molecule has 19 heavy (non-hydrogen) atoms. The molecular weight excluding hydrogens is 252 g/mol. The Hall–Kier alpha value is -1.36. The molecule has 0 unspecified atom stereocenters. The highest BCUT2D eigenvalue weighted by Gasteiger charge is 2.31. The quantitative estimate of drug-likeness (QED) is 0.802. The second kappa shape index (κ2) is 4.96. The smallest absolute Gasteiger partial charge is 0.268 e. The maximum Gasteiger partial charge on any atom is 0.268 e. The van der Waals surface area contributed by atoms with E-state index in [4.69, 9.17) is 0 Å². The van der Waals surface area contributed by atoms with Gasteiger partial charge in [-0.1, -0.05) is 27.7 Å². The van der Waals surface area contributed by atoms with E-state index in [-0.39, 0.29) is 0 Å².